The molecule has 3 nitrogen and oxygen atoms in total. The van der Waals surface area contributed by atoms with Crippen molar-refractivity contribution in [2.75, 3.05) is 12.3 Å². The number of rotatable bonds is 3. The third-order valence-electron chi connectivity index (χ3n) is 2.76. The molecule has 1 aromatic heterocycles. The van der Waals surface area contributed by atoms with Crippen LogP contribution in [0.15, 0.2) is 24.3 Å². The van der Waals surface area contributed by atoms with E-state index in [9.17, 15) is 9.18 Å². The van der Waals surface area contributed by atoms with Crippen molar-refractivity contribution >= 4 is 22.3 Å². The summed E-state index contributed by atoms with van der Waals surface area (Å²) in [7, 11) is 0. The standard InChI is InChI=1S/C14H14FNO2S/c1-3-18-14(17)11-8(2)12(19-13(11)16)9-4-6-10(15)7-5-9/h4-7H,3,16H2,1-2H3. The van der Waals surface area contributed by atoms with Crippen molar-refractivity contribution in [1.29, 1.82) is 0 Å². The number of hydrogen-bond donors (Lipinski definition) is 1. The Labute approximate surface area is 114 Å². The molecule has 0 bridgehead atoms. The van der Waals surface area contributed by atoms with Gasteiger partial charge in [0, 0.05) is 4.88 Å². The molecule has 0 aliphatic rings. The lowest BCUT2D eigenvalue weighted by atomic mass is 10.1. The van der Waals surface area contributed by atoms with Crippen molar-refractivity contribution in [1.82, 2.24) is 0 Å². The SMILES string of the molecule is CCOC(=O)c1c(N)sc(-c2ccc(F)cc2)c1C. The van der Waals surface area contributed by atoms with Gasteiger partial charge in [-0.1, -0.05) is 12.1 Å². The van der Waals surface area contributed by atoms with Gasteiger partial charge in [-0.2, -0.15) is 0 Å². The highest BCUT2D eigenvalue weighted by atomic mass is 32.1. The zero-order valence-electron chi connectivity index (χ0n) is 10.7. The first-order chi connectivity index (χ1) is 9.04. The minimum atomic E-state index is -0.415. The fourth-order valence-electron chi connectivity index (χ4n) is 1.87. The van der Waals surface area contributed by atoms with Crippen molar-refractivity contribution in [3.05, 3.63) is 41.2 Å². The zero-order valence-corrected chi connectivity index (χ0v) is 11.5. The van der Waals surface area contributed by atoms with Gasteiger partial charge in [0.25, 0.3) is 0 Å². The van der Waals surface area contributed by atoms with Crippen LogP contribution < -0.4 is 5.73 Å². The van der Waals surface area contributed by atoms with Crippen LogP contribution in [0.5, 0.6) is 0 Å². The Morgan fingerprint density at radius 1 is 1.37 bits per heavy atom. The van der Waals surface area contributed by atoms with Gasteiger partial charge in [0.15, 0.2) is 0 Å². The van der Waals surface area contributed by atoms with Gasteiger partial charge >= 0.3 is 5.97 Å². The van der Waals surface area contributed by atoms with Gasteiger partial charge in [-0.05, 0) is 37.1 Å². The van der Waals surface area contributed by atoms with E-state index < -0.39 is 5.97 Å². The summed E-state index contributed by atoms with van der Waals surface area (Å²) >= 11 is 1.31. The van der Waals surface area contributed by atoms with Gasteiger partial charge < -0.3 is 10.5 Å². The van der Waals surface area contributed by atoms with Crippen LogP contribution in [-0.4, -0.2) is 12.6 Å². The summed E-state index contributed by atoms with van der Waals surface area (Å²) < 4.78 is 17.9. The predicted octanol–water partition coefficient (Wildman–Crippen LogP) is 3.62. The lowest BCUT2D eigenvalue weighted by molar-refractivity contribution is 0.0527. The van der Waals surface area contributed by atoms with Gasteiger partial charge in [0.2, 0.25) is 0 Å². The van der Waals surface area contributed by atoms with Crippen LogP contribution in [0.3, 0.4) is 0 Å². The molecule has 1 aromatic carbocycles. The number of ether oxygens (including phenoxy) is 1. The average molecular weight is 279 g/mol. The molecule has 2 aromatic rings. The molecule has 0 fully saturated rings. The van der Waals surface area contributed by atoms with E-state index in [4.69, 9.17) is 10.5 Å². The van der Waals surface area contributed by atoms with Crippen LogP contribution in [0.2, 0.25) is 0 Å². The highest BCUT2D eigenvalue weighted by Gasteiger charge is 2.21. The van der Waals surface area contributed by atoms with E-state index >= 15 is 0 Å². The second kappa shape index (κ2) is 5.40. The Morgan fingerprint density at radius 2 is 2.00 bits per heavy atom. The van der Waals surface area contributed by atoms with Gasteiger partial charge in [0.05, 0.1) is 12.2 Å². The summed E-state index contributed by atoms with van der Waals surface area (Å²) in [6.45, 7) is 3.87. The second-order valence-corrected chi connectivity index (χ2v) is 5.07. The van der Waals surface area contributed by atoms with Crippen LogP contribution >= 0.6 is 11.3 Å². The smallest absolute Gasteiger partial charge is 0.341 e. The predicted molar refractivity (Wildman–Crippen MR) is 74.8 cm³/mol. The third kappa shape index (κ3) is 2.61. The van der Waals surface area contributed by atoms with E-state index in [1.165, 1.54) is 23.5 Å². The monoisotopic (exact) mass is 279 g/mol. The molecule has 0 radical (unpaired) electrons. The average Bonchev–Trinajstić information content (AvgIpc) is 2.66. The van der Waals surface area contributed by atoms with Crippen LogP contribution in [0.1, 0.15) is 22.8 Å². The molecule has 0 aliphatic carbocycles. The van der Waals surface area contributed by atoms with Crippen LogP contribution in [0, 0.1) is 12.7 Å². The fraction of sp³-hybridized carbons (Fsp3) is 0.214. The number of anilines is 1. The maximum atomic E-state index is 12.9. The Morgan fingerprint density at radius 3 is 2.58 bits per heavy atom. The molecule has 5 heteroatoms. The molecule has 0 saturated carbocycles. The number of hydrogen-bond acceptors (Lipinski definition) is 4. The molecule has 0 amide bonds. The lowest BCUT2D eigenvalue weighted by Gasteiger charge is -2.03. The number of nitrogens with two attached hydrogens (primary N) is 1. The first-order valence-corrected chi connectivity index (χ1v) is 6.68. The number of nitrogen functional groups attached to an aromatic ring is 1. The van der Waals surface area contributed by atoms with E-state index in [1.54, 1.807) is 19.1 Å². The zero-order chi connectivity index (χ0) is 14.0. The molecule has 1 heterocycles. The minimum absolute atomic E-state index is 0.295. The van der Waals surface area contributed by atoms with Crippen LogP contribution in [0.4, 0.5) is 9.39 Å². The highest BCUT2D eigenvalue weighted by molar-refractivity contribution is 7.19. The first kappa shape index (κ1) is 13.5. The molecule has 0 atom stereocenters. The summed E-state index contributed by atoms with van der Waals surface area (Å²) in [5.74, 6) is -0.710. The van der Waals surface area contributed by atoms with E-state index in [0.717, 1.165) is 16.0 Å². The van der Waals surface area contributed by atoms with Crippen molar-refractivity contribution in [3.63, 3.8) is 0 Å². The quantitative estimate of drug-likeness (QED) is 0.873. The molecule has 100 valence electrons. The van der Waals surface area contributed by atoms with Gasteiger partial charge in [-0.25, -0.2) is 9.18 Å². The van der Waals surface area contributed by atoms with Crippen LogP contribution in [0.25, 0.3) is 10.4 Å². The Kier molecular flexibility index (Phi) is 3.85. The first-order valence-electron chi connectivity index (χ1n) is 5.86. The number of carbonyl (C=O) groups is 1. The minimum Gasteiger partial charge on any atom is -0.462 e. The largest absolute Gasteiger partial charge is 0.462 e. The second-order valence-electron chi connectivity index (χ2n) is 4.02. The third-order valence-corrected chi connectivity index (χ3v) is 3.93. The number of benzene rings is 1. The highest BCUT2D eigenvalue weighted by Crippen LogP contribution is 2.38. The fourth-order valence-corrected chi connectivity index (χ4v) is 2.94. The maximum absolute atomic E-state index is 12.9. The molecule has 2 rings (SSSR count). The topological polar surface area (TPSA) is 52.3 Å². The summed E-state index contributed by atoms with van der Waals surface area (Å²) in [4.78, 5) is 12.7. The number of carbonyl (C=O) groups excluding carboxylic acids is 1. The Balaban J connectivity index is 2.46. The molecule has 2 N–H and O–H groups in total. The molecule has 0 aliphatic heterocycles. The van der Waals surface area contributed by atoms with Crippen molar-refractivity contribution < 1.29 is 13.9 Å². The summed E-state index contributed by atoms with van der Waals surface area (Å²) in [6, 6.07) is 6.11. The summed E-state index contributed by atoms with van der Waals surface area (Å²) in [5.41, 5.74) is 7.90. The van der Waals surface area contributed by atoms with Crippen molar-refractivity contribution in [3.8, 4) is 10.4 Å². The molecular formula is C14H14FNO2S. The van der Waals surface area contributed by atoms with E-state index in [0.29, 0.717) is 17.2 Å². The molecule has 19 heavy (non-hydrogen) atoms. The van der Waals surface area contributed by atoms with Gasteiger partial charge in [-0.15, -0.1) is 11.3 Å². The molecule has 0 saturated heterocycles. The van der Waals surface area contributed by atoms with Gasteiger partial charge in [-0.3, -0.25) is 0 Å². The number of halogens is 1. The van der Waals surface area contributed by atoms with E-state index in [2.05, 4.69) is 0 Å². The summed E-state index contributed by atoms with van der Waals surface area (Å²) in [5, 5.41) is 0.426. The van der Waals surface area contributed by atoms with E-state index in [1.807, 2.05) is 6.92 Å². The lowest BCUT2D eigenvalue weighted by Crippen LogP contribution is -2.07. The van der Waals surface area contributed by atoms with E-state index in [-0.39, 0.29) is 5.82 Å². The van der Waals surface area contributed by atoms with Gasteiger partial charge in [0.1, 0.15) is 10.8 Å². The normalized spacial score (nSPS) is 10.5. The van der Waals surface area contributed by atoms with Crippen molar-refractivity contribution in [2.24, 2.45) is 0 Å². The molecule has 0 unspecified atom stereocenters. The maximum Gasteiger partial charge on any atom is 0.341 e. The molecule has 0 spiro atoms. The number of thiophene rings is 1. The molecular weight excluding hydrogens is 265 g/mol. The van der Waals surface area contributed by atoms with Crippen molar-refractivity contribution in [2.45, 2.75) is 13.8 Å². The van der Waals surface area contributed by atoms with Crippen LogP contribution in [-0.2, 0) is 4.74 Å². The Bertz CT molecular complexity index is 605. The Hall–Kier alpha value is -1.88. The summed E-state index contributed by atoms with van der Waals surface area (Å²) in [6.07, 6.45) is 0. The number of esters is 1.